The predicted molar refractivity (Wildman–Crippen MR) is 152 cm³/mol. The molecule has 210 valence electrons. The second kappa shape index (κ2) is 10.3. The molecule has 1 saturated carbocycles. The molecule has 6 rings (SSSR count). The van der Waals surface area contributed by atoms with E-state index in [2.05, 4.69) is 4.98 Å². The Morgan fingerprint density at radius 3 is 2.39 bits per heavy atom. The fourth-order valence-corrected chi connectivity index (χ4v) is 7.33. The minimum atomic E-state index is -4.63. The maximum absolute atomic E-state index is 13.7. The lowest BCUT2D eigenvalue weighted by Crippen LogP contribution is -2.32. The lowest BCUT2D eigenvalue weighted by molar-refractivity contribution is -0.137. The van der Waals surface area contributed by atoms with Crippen LogP contribution in [0.3, 0.4) is 0 Å². The monoisotopic (exact) mass is 615 g/mol. The van der Waals surface area contributed by atoms with Gasteiger partial charge in [0.05, 0.1) is 27.3 Å². The van der Waals surface area contributed by atoms with Crippen LogP contribution in [0.15, 0.2) is 87.0 Å². The molecule has 0 saturated heterocycles. The Hall–Kier alpha value is -3.68. The molecular formula is C28H20F3N3O4S3. The van der Waals surface area contributed by atoms with Crippen molar-refractivity contribution < 1.29 is 26.4 Å². The van der Waals surface area contributed by atoms with Crippen LogP contribution >= 0.6 is 23.1 Å². The van der Waals surface area contributed by atoms with Gasteiger partial charge in [-0.1, -0.05) is 42.1 Å². The molecule has 0 aliphatic heterocycles. The number of thiophene rings is 1. The first-order valence-corrected chi connectivity index (χ1v) is 15.8. The molecule has 0 radical (unpaired) electrons. The number of fused-ring (bicyclic) bond motifs is 2. The molecule has 2 aromatic heterocycles. The van der Waals surface area contributed by atoms with Crippen LogP contribution in [0.5, 0.6) is 0 Å². The summed E-state index contributed by atoms with van der Waals surface area (Å²) in [4.78, 5) is 31.0. The lowest BCUT2D eigenvalue weighted by atomic mass is 9.99. The fraction of sp³-hybridized carbons (Fsp3) is 0.179. The van der Waals surface area contributed by atoms with Crippen LogP contribution in [0.4, 0.5) is 13.2 Å². The molecule has 41 heavy (non-hydrogen) atoms. The number of carbonyl (C=O) groups is 1. The molecule has 0 atom stereocenters. The standard InChI is InChI=1S/C28H20F3N3O4S3/c29-28(30,31)17-7-9-18(10-8-17)41(37,38)33-24(35)15-40-27-32-25-22(13-14-39-25)26(36)34(27)23-12-11-19(16-5-6-16)20-3-1-2-4-21(20)23/h1-4,7-14,16H,5-6,15H2,(H,33,35). The Bertz CT molecular complexity index is 1980. The first-order valence-electron chi connectivity index (χ1n) is 12.4. The molecule has 1 aliphatic rings. The largest absolute Gasteiger partial charge is 0.416 e. The first kappa shape index (κ1) is 27.5. The molecule has 3 aromatic carbocycles. The highest BCUT2D eigenvalue weighted by Gasteiger charge is 2.31. The zero-order valence-electron chi connectivity index (χ0n) is 21.0. The number of nitrogens with zero attached hydrogens (tertiary/aromatic N) is 2. The Balaban J connectivity index is 1.32. The van der Waals surface area contributed by atoms with E-state index in [1.807, 2.05) is 41.1 Å². The van der Waals surface area contributed by atoms with Gasteiger partial charge in [-0.15, -0.1) is 11.3 Å². The van der Waals surface area contributed by atoms with Gasteiger partial charge in [0, 0.05) is 5.39 Å². The number of sulfonamides is 1. The van der Waals surface area contributed by atoms with Gasteiger partial charge in [0.15, 0.2) is 5.16 Å². The molecule has 2 heterocycles. The summed E-state index contributed by atoms with van der Waals surface area (Å²) in [6, 6.07) is 16.2. The molecule has 13 heteroatoms. The number of halogens is 3. The van der Waals surface area contributed by atoms with Gasteiger partial charge in [0.2, 0.25) is 5.91 Å². The van der Waals surface area contributed by atoms with E-state index in [0.717, 1.165) is 47.5 Å². The number of rotatable bonds is 7. The summed E-state index contributed by atoms with van der Waals surface area (Å²) in [6.07, 6.45) is -2.41. The van der Waals surface area contributed by atoms with Crippen LogP contribution in [0.25, 0.3) is 26.7 Å². The van der Waals surface area contributed by atoms with Crippen molar-refractivity contribution >= 4 is 60.0 Å². The third-order valence-electron chi connectivity index (χ3n) is 6.73. The molecule has 1 aliphatic carbocycles. The Labute approximate surface area is 240 Å². The average molecular weight is 616 g/mol. The molecule has 1 N–H and O–H groups in total. The average Bonchev–Trinajstić information content (AvgIpc) is 3.67. The van der Waals surface area contributed by atoms with E-state index in [1.165, 1.54) is 21.5 Å². The number of amides is 1. The third-order valence-corrected chi connectivity index (χ3v) is 9.87. The van der Waals surface area contributed by atoms with E-state index < -0.39 is 38.3 Å². The minimum Gasteiger partial charge on any atom is -0.273 e. The number of hydrogen-bond donors (Lipinski definition) is 1. The van der Waals surface area contributed by atoms with E-state index in [1.54, 1.807) is 11.4 Å². The van der Waals surface area contributed by atoms with Gasteiger partial charge in [0.25, 0.3) is 15.6 Å². The summed E-state index contributed by atoms with van der Waals surface area (Å²) in [5.74, 6) is -0.857. The van der Waals surface area contributed by atoms with Crippen molar-refractivity contribution in [1.82, 2.24) is 14.3 Å². The Morgan fingerprint density at radius 2 is 1.71 bits per heavy atom. The summed E-state index contributed by atoms with van der Waals surface area (Å²) in [6.45, 7) is 0. The van der Waals surface area contributed by atoms with Crippen molar-refractivity contribution in [2.24, 2.45) is 0 Å². The topological polar surface area (TPSA) is 98.1 Å². The van der Waals surface area contributed by atoms with E-state index >= 15 is 0 Å². The summed E-state index contributed by atoms with van der Waals surface area (Å²) < 4.78 is 67.1. The highest BCUT2D eigenvalue weighted by Crippen LogP contribution is 2.44. The van der Waals surface area contributed by atoms with Crippen molar-refractivity contribution in [3.8, 4) is 5.69 Å². The SMILES string of the molecule is O=C(CSc1nc2sccc2c(=O)n1-c1ccc(C2CC2)c2ccccc12)NS(=O)(=O)c1ccc(C(F)(F)F)cc1. The summed E-state index contributed by atoms with van der Waals surface area (Å²) >= 11 is 2.16. The summed E-state index contributed by atoms with van der Waals surface area (Å²) in [5.41, 5.74) is 0.477. The van der Waals surface area contributed by atoms with Gasteiger partial charge in [-0.3, -0.25) is 14.2 Å². The zero-order chi connectivity index (χ0) is 28.9. The second-order valence-electron chi connectivity index (χ2n) is 9.51. The molecule has 0 spiro atoms. The van der Waals surface area contributed by atoms with E-state index in [9.17, 15) is 31.2 Å². The van der Waals surface area contributed by atoms with Crippen molar-refractivity contribution in [3.05, 3.63) is 93.6 Å². The molecule has 0 unspecified atom stereocenters. The molecule has 7 nitrogen and oxygen atoms in total. The Kier molecular flexibility index (Phi) is 6.91. The first-order chi connectivity index (χ1) is 19.5. The smallest absolute Gasteiger partial charge is 0.273 e. The number of thioether (sulfide) groups is 1. The van der Waals surface area contributed by atoms with Gasteiger partial charge in [-0.25, -0.2) is 18.1 Å². The van der Waals surface area contributed by atoms with Gasteiger partial charge < -0.3 is 0 Å². The highest BCUT2D eigenvalue weighted by molar-refractivity contribution is 8.00. The van der Waals surface area contributed by atoms with Crippen molar-refractivity contribution in [2.45, 2.75) is 35.0 Å². The second-order valence-corrected chi connectivity index (χ2v) is 13.0. The quantitative estimate of drug-likeness (QED) is 0.176. The lowest BCUT2D eigenvalue weighted by Gasteiger charge is -2.16. The van der Waals surface area contributed by atoms with Gasteiger partial charge in [0.1, 0.15) is 4.83 Å². The van der Waals surface area contributed by atoms with E-state index in [-0.39, 0.29) is 10.7 Å². The van der Waals surface area contributed by atoms with Crippen molar-refractivity contribution in [3.63, 3.8) is 0 Å². The predicted octanol–water partition coefficient (Wildman–Crippen LogP) is 6.09. The van der Waals surface area contributed by atoms with Gasteiger partial charge >= 0.3 is 6.18 Å². The molecular weight excluding hydrogens is 596 g/mol. The molecule has 0 bridgehead atoms. The maximum Gasteiger partial charge on any atom is 0.416 e. The normalized spacial score (nSPS) is 14.0. The van der Waals surface area contributed by atoms with Gasteiger partial charge in [-0.2, -0.15) is 13.2 Å². The van der Waals surface area contributed by atoms with Crippen LogP contribution in [0.2, 0.25) is 0 Å². The highest BCUT2D eigenvalue weighted by atomic mass is 32.2. The molecule has 1 amide bonds. The van der Waals surface area contributed by atoms with Crippen molar-refractivity contribution in [1.29, 1.82) is 0 Å². The third kappa shape index (κ3) is 5.36. The van der Waals surface area contributed by atoms with Crippen LogP contribution < -0.4 is 10.3 Å². The number of alkyl halides is 3. The summed E-state index contributed by atoms with van der Waals surface area (Å²) in [7, 11) is -4.43. The Morgan fingerprint density at radius 1 is 1.00 bits per heavy atom. The van der Waals surface area contributed by atoms with Crippen LogP contribution in [0.1, 0.15) is 29.9 Å². The number of carbonyl (C=O) groups excluding carboxylic acids is 1. The van der Waals surface area contributed by atoms with Crippen LogP contribution in [0, 0.1) is 0 Å². The van der Waals surface area contributed by atoms with Gasteiger partial charge in [-0.05, 0) is 71.5 Å². The maximum atomic E-state index is 13.7. The fourth-order valence-electron chi connectivity index (χ4n) is 4.65. The van der Waals surface area contributed by atoms with Crippen molar-refractivity contribution in [2.75, 3.05) is 5.75 Å². The minimum absolute atomic E-state index is 0.205. The molecule has 5 aromatic rings. The van der Waals surface area contributed by atoms with Crippen LogP contribution in [-0.2, 0) is 21.0 Å². The number of hydrogen-bond acceptors (Lipinski definition) is 7. The number of aromatic nitrogens is 2. The van der Waals surface area contributed by atoms with Crippen LogP contribution in [-0.4, -0.2) is 29.6 Å². The zero-order valence-corrected chi connectivity index (χ0v) is 23.5. The summed E-state index contributed by atoms with van der Waals surface area (Å²) in [5, 5.41) is 4.25. The number of nitrogens with one attached hydrogen (secondary N) is 1. The number of benzene rings is 3. The van der Waals surface area contributed by atoms with E-state index in [4.69, 9.17) is 0 Å². The molecule has 1 fully saturated rings. The van der Waals surface area contributed by atoms with E-state index in [0.29, 0.717) is 34.0 Å².